The molecular weight excluding hydrogens is 448 g/mol. The SMILES string of the molecule is O=C(O)CC(c1ccccc1)n1cnc2cc(NC(=O)CN3C(=O)c4ccccc4C3=O)ccc21. The van der Waals surface area contributed by atoms with Gasteiger partial charge in [0.05, 0.1) is 41.0 Å². The number of anilines is 1. The van der Waals surface area contributed by atoms with Crippen molar-refractivity contribution in [2.45, 2.75) is 12.5 Å². The molecule has 1 aliphatic rings. The largest absolute Gasteiger partial charge is 0.481 e. The van der Waals surface area contributed by atoms with Gasteiger partial charge >= 0.3 is 5.97 Å². The Labute approximate surface area is 199 Å². The second-order valence-electron chi connectivity index (χ2n) is 8.17. The van der Waals surface area contributed by atoms with Gasteiger partial charge < -0.3 is 15.0 Å². The average Bonchev–Trinajstić information content (AvgIpc) is 3.37. The van der Waals surface area contributed by atoms with Crippen LogP contribution >= 0.6 is 0 Å². The molecule has 2 heterocycles. The highest BCUT2D eigenvalue weighted by atomic mass is 16.4. The minimum Gasteiger partial charge on any atom is -0.481 e. The molecule has 1 aliphatic heterocycles. The maximum atomic E-state index is 12.6. The number of amides is 3. The van der Waals surface area contributed by atoms with Gasteiger partial charge in [-0.15, -0.1) is 0 Å². The molecule has 0 aliphatic carbocycles. The normalized spacial score (nSPS) is 13.7. The maximum absolute atomic E-state index is 12.6. The summed E-state index contributed by atoms with van der Waals surface area (Å²) in [7, 11) is 0. The number of nitrogens with one attached hydrogen (secondary N) is 1. The number of carboxylic acid groups (broad SMARTS) is 1. The molecule has 35 heavy (non-hydrogen) atoms. The predicted octanol–water partition coefficient (Wildman–Crippen LogP) is 3.34. The molecule has 5 rings (SSSR count). The Morgan fingerprint density at radius 3 is 2.23 bits per heavy atom. The van der Waals surface area contributed by atoms with Crippen molar-refractivity contribution in [2.75, 3.05) is 11.9 Å². The molecule has 0 bridgehead atoms. The molecule has 174 valence electrons. The molecule has 0 saturated carbocycles. The molecule has 4 aromatic rings. The van der Waals surface area contributed by atoms with Crippen LogP contribution in [0.3, 0.4) is 0 Å². The van der Waals surface area contributed by atoms with Crippen molar-refractivity contribution in [3.8, 4) is 0 Å². The van der Waals surface area contributed by atoms with Crippen LogP contribution in [0, 0.1) is 0 Å². The highest BCUT2D eigenvalue weighted by Gasteiger charge is 2.36. The predicted molar refractivity (Wildman–Crippen MR) is 127 cm³/mol. The van der Waals surface area contributed by atoms with Gasteiger partial charge in [0.15, 0.2) is 0 Å². The number of nitrogens with zero attached hydrogens (tertiary/aromatic N) is 3. The number of aromatic nitrogens is 2. The van der Waals surface area contributed by atoms with Crippen molar-refractivity contribution in [1.29, 1.82) is 0 Å². The van der Waals surface area contributed by atoms with Crippen LogP contribution in [-0.4, -0.2) is 49.8 Å². The van der Waals surface area contributed by atoms with E-state index >= 15 is 0 Å². The Kier molecular flexibility index (Phi) is 5.58. The Bertz CT molecular complexity index is 1440. The molecule has 0 radical (unpaired) electrons. The molecule has 1 atom stereocenters. The number of aliphatic carboxylic acids is 1. The third kappa shape index (κ3) is 4.15. The van der Waals surface area contributed by atoms with Gasteiger partial charge in [-0.1, -0.05) is 42.5 Å². The molecule has 9 nitrogen and oxygen atoms in total. The lowest BCUT2D eigenvalue weighted by atomic mass is 10.0. The lowest BCUT2D eigenvalue weighted by molar-refractivity contribution is -0.137. The molecule has 1 unspecified atom stereocenters. The van der Waals surface area contributed by atoms with E-state index < -0.39 is 36.3 Å². The van der Waals surface area contributed by atoms with E-state index in [0.29, 0.717) is 16.7 Å². The first-order chi connectivity index (χ1) is 16.9. The van der Waals surface area contributed by atoms with Crippen molar-refractivity contribution in [3.05, 3.63) is 95.8 Å². The lowest BCUT2D eigenvalue weighted by Crippen LogP contribution is -2.37. The van der Waals surface area contributed by atoms with Gasteiger partial charge in [0.25, 0.3) is 11.8 Å². The molecule has 3 aromatic carbocycles. The zero-order valence-corrected chi connectivity index (χ0v) is 18.4. The summed E-state index contributed by atoms with van der Waals surface area (Å²) < 4.78 is 1.79. The van der Waals surface area contributed by atoms with E-state index in [-0.39, 0.29) is 17.5 Å². The lowest BCUT2D eigenvalue weighted by Gasteiger charge is -2.18. The molecule has 0 spiro atoms. The molecular formula is C26H20N4O5. The number of rotatable bonds is 7. The fraction of sp³-hybridized carbons (Fsp3) is 0.115. The molecule has 9 heteroatoms. The van der Waals surface area contributed by atoms with E-state index in [9.17, 15) is 24.3 Å². The number of imidazole rings is 1. The van der Waals surface area contributed by atoms with Gasteiger partial charge in [0, 0.05) is 5.69 Å². The molecule has 0 fully saturated rings. The monoisotopic (exact) mass is 468 g/mol. The first-order valence-electron chi connectivity index (χ1n) is 10.9. The first-order valence-corrected chi connectivity index (χ1v) is 10.9. The summed E-state index contributed by atoms with van der Waals surface area (Å²) in [6.45, 7) is -0.409. The second kappa shape index (κ2) is 8.86. The third-order valence-corrected chi connectivity index (χ3v) is 5.93. The van der Waals surface area contributed by atoms with Crippen molar-refractivity contribution < 1.29 is 24.3 Å². The third-order valence-electron chi connectivity index (χ3n) is 5.93. The van der Waals surface area contributed by atoms with Crippen molar-refractivity contribution >= 4 is 40.4 Å². The number of hydrogen-bond donors (Lipinski definition) is 2. The quantitative estimate of drug-likeness (QED) is 0.401. The summed E-state index contributed by atoms with van der Waals surface area (Å²) in [6.07, 6.45) is 1.46. The van der Waals surface area contributed by atoms with Crippen molar-refractivity contribution in [1.82, 2.24) is 14.5 Å². The summed E-state index contributed by atoms with van der Waals surface area (Å²) in [5.41, 5.74) is 3.12. The van der Waals surface area contributed by atoms with Crippen molar-refractivity contribution in [2.24, 2.45) is 0 Å². The van der Waals surface area contributed by atoms with Crippen molar-refractivity contribution in [3.63, 3.8) is 0 Å². The van der Waals surface area contributed by atoms with E-state index in [1.165, 1.54) is 0 Å². The minimum atomic E-state index is -0.933. The first kappa shape index (κ1) is 22.0. The van der Waals surface area contributed by atoms with E-state index in [0.717, 1.165) is 10.5 Å². The fourth-order valence-corrected chi connectivity index (χ4v) is 4.30. The van der Waals surface area contributed by atoms with Crippen LogP contribution in [0.4, 0.5) is 5.69 Å². The fourth-order valence-electron chi connectivity index (χ4n) is 4.30. The van der Waals surface area contributed by atoms with Crippen LogP contribution in [0.25, 0.3) is 11.0 Å². The molecule has 0 saturated heterocycles. The molecule has 3 amide bonds. The molecule has 2 N–H and O–H groups in total. The van der Waals surface area contributed by atoms with Gasteiger partial charge in [-0.3, -0.25) is 24.1 Å². The summed E-state index contributed by atoms with van der Waals surface area (Å²) in [4.78, 5) is 54.5. The van der Waals surface area contributed by atoms with Crippen LogP contribution in [0.2, 0.25) is 0 Å². The second-order valence-corrected chi connectivity index (χ2v) is 8.17. The number of hydrogen-bond acceptors (Lipinski definition) is 5. The highest BCUT2D eigenvalue weighted by molar-refractivity contribution is 6.22. The maximum Gasteiger partial charge on any atom is 0.305 e. The van der Waals surface area contributed by atoms with Gasteiger partial charge in [-0.05, 0) is 35.9 Å². The minimum absolute atomic E-state index is 0.117. The zero-order valence-electron chi connectivity index (χ0n) is 18.4. The van der Waals surface area contributed by atoms with Gasteiger partial charge in [-0.2, -0.15) is 0 Å². The van der Waals surface area contributed by atoms with Gasteiger partial charge in [-0.25, -0.2) is 4.98 Å². The topological polar surface area (TPSA) is 122 Å². The number of carbonyl (C=O) groups is 4. The van der Waals surface area contributed by atoms with E-state index in [1.807, 2.05) is 30.3 Å². The highest BCUT2D eigenvalue weighted by Crippen LogP contribution is 2.28. The zero-order chi connectivity index (χ0) is 24.5. The standard InChI is InChI=1S/C26H20N4O5/c31-23(14-29-25(34)18-8-4-5-9-19(18)26(29)35)28-17-10-11-21-20(12-17)27-15-30(21)22(13-24(32)33)16-6-2-1-3-7-16/h1-12,15,22H,13-14H2,(H,28,31)(H,32,33). The number of benzene rings is 3. The molecule has 1 aromatic heterocycles. The summed E-state index contributed by atoms with van der Waals surface area (Å²) in [5.74, 6) is -2.45. The van der Waals surface area contributed by atoms with E-state index in [4.69, 9.17) is 0 Å². The van der Waals surface area contributed by atoms with Crippen LogP contribution in [0.15, 0.2) is 79.1 Å². The Balaban J connectivity index is 1.35. The van der Waals surface area contributed by atoms with Gasteiger partial charge in [0.2, 0.25) is 5.91 Å². The number of fused-ring (bicyclic) bond motifs is 2. The Morgan fingerprint density at radius 2 is 1.57 bits per heavy atom. The van der Waals surface area contributed by atoms with Crippen LogP contribution in [-0.2, 0) is 9.59 Å². The van der Waals surface area contributed by atoms with Crippen LogP contribution < -0.4 is 5.32 Å². The number of imide groups is 1. The van der Waals surface area contributed by atoms with E-state index in [2.05, 4.69) is 10.3 Å². The summed E-state index contributed by atoms with van der Waals surface area (Å²) in [6, 6.07) is 20.4. The van der Waals surface area contributed by atoms with Crippen LogP contribution in [0.5, 0.6) is 0 Å². The van der Waals surface area contributed by atoms with Crippen LogP contribution in [0.1, 0.15) is 38.7 Å². The van der Waals surface area contributed by atoms with Gasteiger partial charge in [0.1, 0.15) is 6.54 Å². The Hall–Kier alpha value is -4.79. The summed E-state index contributed by atoms with van der Waals surface area (Å²) >= 11 is 0. The average molecular weight is 468 g/mol. The number of carboxylic acids is 1. The summed E-state index contributed by atoms with van der Waals surface area (Å²) in [5, 5.41) is 12.1. The Morgan fingerprint density at radius 1 is 0.914 bits per heavy atom. The smallest absolute Gasteiger partial charge is 0.305 e. The number of carbonyl (C=O) groups excluding carboxylic acids is 3. The van der Waals surface area contributed by atoms with E-state index in [1.54, 1.807) is 53.4 Å².